The lowest BCUT2D eigenvalue weighted by Gasteiger charge is -2.32. The molecular weight excluding hydrogens is 399 g/mol. The highest BCUT2D eigenvalue weighted by molar-refractivity contribution is 6.62. The van der Waals surface area contributed by atoms with Crippen molar-refractivity contribution in [3.8, 4) is 0 Å². The minimum atomic E-state index is -1.14. The van der Waals surface area contributed by atoms with E-state index in [1.807, 2.05) is 39.8 Å². The van der Waals surface area contributed by atoms with E-state index in [9.17, 15) is 19.5 Å². The lowest BCUT2D eigenvalue weighted by molar-refractivity contribution is -0.142. The van der Waals surface area contributed by atoms with Crippen molar-refractivity contribution < 1.29 is 28.8 Å². The third kappa shape index (κ3) is 6.07. The maximum atomic E-state index is 12.6. The molecule has 8 nitrogen and oxygen atoms in total. The summed E-state index contributed by atoms with van der Waals surface area (Å²) in [6.45, 7) is 12.8. The molecule has 3 N–H and O–H groups in total. The predicted octanol–water partition coefficient (Wildman–Crippen LogP) is 1.26. The normalized spacial score (nSPS) is 19.0. The van der Waals surface area contributed by atoms with Crippen LogP contribution in [0.3, 0.4) is 0 Å². The zero-order chi connectivity index (χ0) is 23.6. The smallest absolute Gasteiger partial charge is 0.480 e. The van der Waals surface area contributed by atoms with E-state index in [1.54, 1.807) is 26.0 Å². The standard InChI is InChI=1S/C22H33BN2O6/c1-13(2)18(24-14(3)26)19(27)25-17(20(28)29)12-15-8-10-16(11-9-15)23-30-21(4,5)22(6,7)31-23/h8-11,13,17-18H,12H2,1-7H3,(H,24,26)(H,25,27)(H,28,29)/t17-,18-/m1/s1. The summed E-state index contributed by atoms with van der Waals surface area (Å²) in [6.07, 6.45) is 0.107. The Morgan fingerprint density at radius 2 is 1.52 bits per heavy atom. The van der Waals surface area contributed by atoms with Gasteiger partial charge in [-0.25, -0.2) is 4.79 Å². The van der Waals surface area contributed by atoms with Gasteiger partial charge in [0.2, 0.25) is 11.8 Å². The monoisotopic (exact) mass is 432 g/mol. The molecule has 2 rings (SSSR count). The second kappa shape index (κ2) is 9.40. The molecule has 0 spiro atoms. The summed E-state index contributed by atoms with van der Waals surface area (Å²) in [5.74, 6) is -2.20. The molecule has 1 fully saturated rings. The van der Waals surface area contributed by atoms with E-state index in [1.165, 1.54) is 6.92 Å². The molecule has 1 aromatic rings. The number of rotatable bonds is 8. The summed E-state index contributed by atoms with van der Waals surface area (Å²) in [4.78, 5) is 35.7. The molecule has 31 heavy (non-hydrogen) atoms. The van der Waals surface area contributed by atoms with E-state index < -0.39 is 42.3 Å². The average Bonchev–Trinajstić information content (AvgIpc) is 2.86. The molecule has 0 unspecified atom stereocenters. The van der Waals surface area contributed by atoms with Crippen molar-refractivity contribution in [2.45, 2.75) is 78.2 Å². The van der Waals surface area contributed by atoms with Gasteiger partial charge in [0.25, 0.3) is 0 Å². The third-order valence-electron chi connectivity index (χ3n) is 5.87. The molecule has 1 aromatic carbocycles. The van der Waals surface area contributed by atoms with Crippen LogP contribution < -0.4 is 16.1 Å². The molecule has 2 amide bonds. The molecule has 0 bridgehead atoms. The highest BCUT2D eigenvalue weighted by Crippen LogP contribution is 2.36. The van der Waals surface area contributed by atoms with Crippen molar-refractivity contribution in [1.82, 2.24) is 10.6 Å². The molecule has 0 saturated carbocycles. The maximum absolute atomic E-state index is 12.6. The number of aliphatic carboxylic acids is 1. The van der Waals surface area contributed by atoms with Crippen LogP contribution in [0.4, 0.5) is 0 Å². The first-order valence-corrected chi connectivity index (χ1v) is 10.5. The zero-order valence-corrected chi connectivity index (χ0v) is 19.3. The third-order valence-corrected chi connectivity index (χ3v) is 5.87. The van der Waals surface area contributed by atoms with E-state index in [-0.39, 0.29) is 18.2 Å². The number of carbonyl (C=O) groups is 3. The highest BCUT2D eigenvalue weighted by atomic mass is 16.7. The fourth-order valence-corrected chi connectivity index (χ4v) is 3.24. The Balaban J connectivity index is 2.08. The lowest BCUT2D eigenvalue weighted by atomic mass is 9.78. The van der Waals surface area contributed by atoms with Gasteiger partial charge in [-0.15, -0.1) is 0 Å². The van der Waals surface area contributed by atoms with Gasteiger partial charge in [-0.3, -0.25) is 9.59 Å². The van der Waals surface area contributed by atoms with E-state index in [0.29, 0.717) is 0 Å². The average molecular weight is 432 g/mol. The van der Waals surface area contributed by atoms with E-state index >= 15 is 0 Å². The number of benzene rings is 1. The number of carboxylic acids is 1. The van der Waals surface area contributed by atoms with Crippen molar-refractivity contribution in [2.75, 3.05) is 0 Å². The van der Waals surface area contributed by atoms with Gasteiger partial charge >= 0.3 is 13.1 Å². The molecule has 1 aliphatic heterocycles. The minimum Gasteiger partial charge on any atom is -0.480 e. The quantitative estimate of drug-likeness (QED) is 0.533. The van der Waals surface area contributed by atoms with Crippen LogP contribution in [0.15, 0.2) is 24.3 Å². The summed E-state index contributed by atoms with van der Waals surface area (Å²) < 4.78 is 12.1. The first-order valence-electron chi connectivity index (χ1n) is 10.5. The van der Waals surface area contributed by atoms with E-state index in [4.69, 9.17) is 9.31 Å². The fraction of sp³-hybridized carbons (Fsp3) is 0.591. The predicted molar refractivity (Wildman–Crippen MR) is 118 cm³/mol. The molecule has 170 valence electrons. The second-order valence-corrected chi connectivity index (χ2v) is 9.36. The minimum absolute atomic E-state index is 0.107. The SMILES string of the molecule is CC(=O)N[C@@H](C(=O)N[C@H](Cc1ccc(B2OC(C)(C)C(C)(C)O2)cc1)C(=O)O)C(C)C. The molecule has 0 aliphatic carbocycles. The summed E-state index contributed by atoms with van der Waals surface area (Å²) in [7, 11) is -0.501. The molecule has 0 aromatic heterocycles. The maximum Gasteiger partial charge on any atom is 0.494 e. The van der Waals surface area contributed by atoms with Crippen molar-refractivity contribution in [1.29, 1.82) is 0 Å². The molecule has 0 radical (unpaired) electrons. The molecular formula is C22H33BN2O6. The fourth-order valence-electron chi connectivity index (χ4n) is 3.24. The number of nitrogens with one attached hydrogen (secondary N) is 2. The Bertz CT molecular complexity index is 806. The highest BCUT2D eigenvalue weighted by Gasteiger charge is 2.51. The molecule has 1 aliphatic rings. The van der Waals surface area contributed by atoms with Gasteiger partial charge in [-0.2, -0.15) is 0 Å². The molecule has 9 heteroatoms. The second-order valence-electron chi connectivity index (χ2n) is 9.36. The summed E-state index contributed by atoms with van der Waals surface area (Å²) >= 11 is 0. The van der Waals surface area contributed by atoms with Gasteiger partial charge in [0, 0.05) is 13.3 Å². The van der Waals surface area contributed by atoms with Gasteiger partial charge < -0.3 is 25.0 Å². The van der Waals surface area contributed by atoms with Crippen LogP contribution in [0.2, 0.25) is 0 Å². The number of carboxylic acid groups (broad SMARTS) is 1. The first-order chi connectivity index (χ1) is 14.2. The van der Waals surface area contributed by atoms with Crippen molar-refractivity contribution in [3.63, 3.8) is 0 Å². The molecule has 1 heterocycles. The summed E-state index contributed by atoms with van der Waals surface area (Å²) in [5, 5.41) is 14.7. The number of amides is 2. The number of carbonyl (C=O) groups excluding carboxylic acids is 2. The topological polar surface area (TPSA) is 114 Å². The Labute approximate surface area is 184 Å². The lowest BCUT2D eigenvalue weighted by Crippen LogP contribution is -2.53. The largest absolute Gasteiger partial charge is 0.494 e. The summed E-state index contributed by atoms with van der Waals surface area (Å²) in [6, 6.07) is 5.36. The van der Waals surface area contributed by atoms with Gasteiger partial charge in [0.1, 0.15) is 12.1 Å². The summed E-state index contributed by atoms with van der Waals surface area (Å²) in [5.41, 5.74) is 0.684. The van der Waals surface area contributed by atoms with E-state index in [2.05, 4.69) is 10.6 Å². The number of hydrogen-bond acceptors (Lipinski definition) is 5. The Kier molecular flexibility index (Phi) is 7.55. The van der Waals surface area contributed by atoms with Crippen LogP contribution in [0.1, 0.15) is 54.0 Å². The van der Waals surface area contributed by atoms with E-state index in [0.717, 1.165) is 11.0 Å². The Morgan fingerprint density at radius 1 is 1.00 bits per heavy atom. The van der Waals surface area contributed by atoms with Crippen LogP contribution in [-0.2, 0) is 30.1 Å². The van der Waals surface area contributed by atoms with Gasteiger partial charge in [0.15, 0.2) is 0 Å². The van der Waals surface area contributed by atoms with Crippen LogP contribution in [-0.4, -0.2) is 53.3 Å². The molecule has 2 atom stereocenters. The molecule has 1 saturated heterocycles. The van der Waals surface area contributed by atoms with Crippen molar-refractivity contribution in [3.05, 3.63) is 29.8 Å². The van der Waals surface area contributed by atoms with Crippen molar-refractivity contribution in [2.24, 2.45) is 5.92 Å². The van der Waals surface area contributed by atoms with Crippen molar-refractivity contribution >= 4 is 30.4 Å². The van der Waals surface area contributed by atoms with Crippen LogP contribution in [0, 0.1) is 5.92 Å². The number of hydrogen-bond donors (Lipinski definition) is 3. The first kappa shape index (κ1) is 24.9. The van der Waals surface area contributed by atoms with Crippen LogP contribution in [0.25, 0.3) is 0 Å². The van der Waals surface area contributed by atoms with Crippen LogP contribution >= 0.6 is 0 Å². The van der Waals surface area contributed by atoms with Gasteiger partial charge in [-0.05, 0) is 44.6 Å². The Morgan fingerprint density at radius 3 is 1.94 bits per heavy atom. The van der Waals surface area contributed by atoms with Gasteiger partial charge in [0.05, 0.1) is 11.2 Å². The Hall–Kier alpha value is -2.39. The van der Waals surface area contributed by atoms with Gasteiger partial charge in [-0.1, -0.05) is 38.1 Å². The van der Waals surface area contributed by atoms with Crippen LogP contribution in [0.5, 0.6) is 0 Å². The zero-order valence-electron chi connectivity index (χ0n) is 19.3.